The number of hydrogen-bond acceptors (Lipinski definition) is 2. The second kappa shape index (κ2) is 6.71. The van der Waals surface area contributed by atoms with E-state index in [0.717, 1.165) is 19.5 Å². The Labute approximate surface area is 131 Å². The largest absolute Gasteiger partial charge is 0.353 e. The monoisotopic (exact) mass is 300 g/mol. The highest BCUT2D eigenvalue weighted by Gasteiger charge is 2.23. The van der Waals surface area contributed by atoms with Gasteiger partial charge in [0, 0.05) is 41.5 Å². The summed E-state index contributed by atoms with van der Waals surface area (Å²) in [4.78, 5) is 1.47. The standard InChI is InChI=1S/C18H24N2S/c1-3-17(19-4-2)14-9-10-20(11-14)12-15-13-21-18-8-6-5-7-16(15)18/h5-11,15,17,19H,3-4,12-13H2,1-2H3. The molecule has 2 aromatic rings. The van der Waals surface area contributed by atoms with E-state index in [1.165, 1.54) is 21.8 Å². The number of nitrogens with one attached hydrogen (secondary N) is 1. The molecule has 21 heavy (non-hydrogen) atoms. The summed E-state index contributed by atoms with van der Waals surface area (Å²) in [7, 11) is 0. The van der Waals surface area contributed by atoms with Crippen LogP contribution in [0.4, 0.5) is 0 Å². The van der Waals surface area contributed by atoms with Crippen molar-refractivity contribution in [3.8, 4) is 0 Å². The predicted molar refractivity (Wildman–Crippen MR) is 91.0 cm³/mol. The van der Waals surface area contributed by atoms with Crippen LogP contribution in [0.25, 0.3) is 0 Å². The number of nitrogens with zero attached hydrogens (tertiary/aromatic N) is 1. The number of fused-ring (bicyclic) bond motifs is 1. The van der Waals surface area contributed by atoms with Gasteiger partial charge in [0.1, 0.15) is 0 Å². The lowest BCUT2D eigenvalue weighted by Gasteiger charge is -2.15. The maximum atomic E-state index is 3.55. The Morgan fingerprint density at radius 3 is 2.95 bits per heavy atom. The molecule has 1 aliphatic heterocycles. The molecule has 1 aromatic carbocycles. The topological polar surface area (TPSA) is 17.0 Å². The van der Waals surface area contributed by atoms with Crippen molar-refractivity contribution in [2.75, 3.05) is 12.3 Å². The molecule has 2 atom stereocenters. The Hall–Kier alpha value is -1.19. The van der Waals surface area contributed by atoms with Crippen molar-refractivity contribution < 1.29 is 0 Å². The highest BCUT2D eigenvalue weighted by molar-refractivity contribution is 7.99. The number of hydrogen-bond donors (Lipinski definition) is 1. The zero-order valence-corrected chi connectivity index (χ0v) is 13.7. The average Bonchev–Trinajstić information content (AvgIpc) is 3.13. The first-order chi connectivity index (χ1) is 10.3. The fourth-order valence-electron chi connectivity index (χ4n) is 3.16. The van der Waals surface area contributed by atoms with Gasteiger partial charge in [0.2, 0.25) is 0 Å². The van der Waals surface area contributed by atoms with Crippen LogP contribution in [0.2, 0.25) is 0 Å². The fraction of sp³-hybridized carbons (Fsp3) is 0.444. The van der Waals surface area contributed by atoms with E-state index in [1.54, 1.807) is 0 Å². The third kappa shape index (κ3) is 3.19. The Bertz CT molecular complexity index is 590. The van der Waals surface area contributed by atoms with Crippen molar-refractivity contribution in [1.29, 1.82) is 0 Å². The summed E-state index contributed by atoms with van der Waals surface area (Å²) in [6.45, 7) is 6.53. The summed E-state index contributed by atoms with van der Waals surface area (Å²) in [6.07, 6.45) is 5.70. The van der Waals surface area contributed by atoms with Crippen LogP contribution in [-0.2, 0) is 6.54 Å². The molecular weight excluding hydrogens is 276 g/mol. The number of aromatic nitrogens is 1. The number of rotatable bonds is 6. The van der Waals surface area contributed by atoms with Crippen molar-refractivity contribution in [2.45, 2.75) is 43.7 Å². The smallest absolute Gasteiger partial charge is 0.0332 e. The average molecular weight is 300 g/mol. The molecule has 3 rings (SSSR count). The molecule has 0 aliphatic carbocycles. The van der Waals surface area contributed by atoms with Crippen LogP contribution in [0, 0.1) is 0 Å². The second-order valence-electron chi connectivity index (χ2n) is 5.71. The molecule has 0 bridgehead atoms. The SMILES string of the molecule is CCNC(CC)c1ccn(CC2CSc3ccccc32)c1. The van der Waals surface area contributed by atoms with E-state index < -0.39 is 0 Å². The van der Waals surface area contributed by atoms with Crippen molar-refractivity contribution in [1.82, 2.24) is 9.88 Å². The summed E-state index contributed by atoms with van der Waals surface area (Å²) in [5.74, 6) is 1.85. The third-order valence-electron chi connectivity index (χ3n) is 4.26. The van der Waals surface area contributed by atoms with Crippen molar-refractivity contribution in [3.63, 3.8) is 0 Å². The fourth-order valence-corrected chi connectivity index (χ4v) is 4.40. The molecule has 1 aromatic heterocycles. The molecule has 112 valence electrons. The number of benzene rings is 1. The molecule has 2 unspecified atom stereocenters. The van der Waals surface area contributed by atoms with Crippen LogP contribution in [-0.4, -0.2) is 16.9 Å². The van der Waals surface area contributed by atoms with Gasteiger partial charge in [-0.05, 0) is 36.2 Å². The highest BCUT2D eigenvalue weighted by atomic mass is 32.2. The lowest BCUT2D eigenvalue weighted by molar-refractivity contribution is 0.533. The second-order valence-corrected chi connectivity index (χ2v) is 6.77. The Balaban J connectivity index is 1.71. The van der Waals surface area contributed by atoms with Gasteiger partial charge < -0.3 is 9.88 Å². The van der Waals surface area contributed by atoms with E-state index in [2.05, 4.69) is 66.5 Å². The first-order valence-electron chi connectivity index (χ1n) is 7.92. The van der Waals surface area contributed by atoms with Crippen molar-refractivity contribution in [3.05, 3.63) is 53.9 Å². The van der Waals surface area contributed by atoms with E-state index in [0.29, 0.717) is 12.0 Å². The van der Waals surface area contributed by atoms with E-state index in [1.807, 2.05) is 11.8 Å². The molecule has 1 aliphatic rings. The minimum absolute atomic E-state index is 0.487. The Morgan fingerprint density at radius 1 is 1.29 bits per heavy atom. The van der Waals surface area contributed by atoms with Crippen LogP contribution < -0.4 is 5.32 Å². The molecule has 2 nitrogen and oxygen atoms in total. The predicted octanol–water partition coefficient (Wildman–Crippen LogP) is 4.44. The molecule has 0 spiro atoms. The van der Waals surface area contributed by atoms with Crippen LogP contribution >= 0.6 is 11.8 Å². The number of thioether (sulfide) groups is 1. The van der Waals surface area contributed by atoms with E-state index in [9.17, 15) is 0 Å². The Kier molecular flexibility index (Phi) is 4.71. The lowest BCUT2D eigenvalue weighted by atomic mass is 10.0. The summed E-state index contributed by atoms with van der Waals surface area (Å²) >= 11 is 2.00. The van der Waals surface area contributed by atoms with E-state index in [4.69, 9.17) is 0 Å². The molecule has 2 heterocycles. The minimum Gasteiger partial charge on any atom is -0.353 e. The first-order valence-corrected chi connectivity index (χ1v) is 8.91. The van der Waals surface area contributed by atoms with Gasteiger partial charge in [-0.25, -0.2) is 0 Å². The van der Waals surface area contributed by atoms with Gasteiger partial charge in [-0.2, -0.15) is 0 Å². The Morgan fingerprint density at radius 2 is 2.14 bits per heavy atom. The van der Waals surface area contributed by atoms with Gasteiger partial charge in [-0.3, -0.25) is 0 Å². The summed E-state index contributed by atoms with van der Waals surface area (Å²) < 4.78 is 2.36. The molecule has 3 heteroatoms. The molecule has 0 fully saturated rings. The van der Waals surface area contributed by atoms with Gasteiger partial charge in [-0.1, -0.05) is 32.0 Å². The quantitative estimate of drug-likeness (QED) is 0.849. The normalized spacial score (nSPS) is 18.7. The van der Waals surface area contributed by atoms with Crippen molar-refractivity contribution in [2.24, 2.45) is 0 Å². The van der Waals surface area contributed by atoms with Crippen LogP contribution in [0.3, 0.4) is 0 Å². The zero-order valence-electron chi connectivity index (χ0n) is 12.9. The van der Waals surface area contributed by atoms with E-state index in [-0.39, 0.29) is 0 Å². The van der Waals surface area contributed by atoms with Gasteiger partial charge in [0.25, 0.3) is 0 Å². The lowest BCUT2D eigenvalue weighted by Crippen LogP contribution is -2.19. The summed E-state index contributed by atoms with van der Waals surface area (Å²) in [5.41, 5.74) is 2.94. The molecular formula is C18H24N2S. The van der Waals surface area contributed by atoms with Crippen LogP contribution in [0.5, 0.6) is 0 Å². The molecule has 1 N–H and O–H groups in total. The van der Waals surface area contributed by atoms with E-state index >= 15 is 0 Å². The molecule has 0 saturated carbocycles. The maximum absolute atomic E-state index is 3.55. The molecule has 0 amide bonds. The maximum Gasteiger partial charge on any atom is 0.0332 e. The zero-order chi connectivity index (χ0) is 14.7. The minimum atomic E-state index is 0.487. The van der Waals surface area contributed by atoms with Gasteiger partial charge >= 0.3 is 0 Å². The third-order valence-corrected chi connectivity index (χ3v) is 5.52. The summed E-state index contributed by atoms with van der Waals surface area (Å²) in [5, 5.41) is 3.55. The van der Waals surface area contributed by atoms with Crippen LogP contribution in [0.1, 0.15) is 43.4 Å². The first kappa shape index (κ1) is 14.7. The van der Waals surface area contributed by atoms with Gasteiger partial charge in [0.15, 0.2) is 0 Å². The van der Waals surface area contributed by atoms with Gasteiger partial charge in [0.05, 0.1) is 0 Å². The summed E-state index contributed by atoms with van der Waals surface area (Å²) in [6, 6.07) is 11.6. The van der Waals surface area contributed by atoms with Gasteiger partial charge in [-0.15, -0.1) is 11.8 Å². The van der Waals surface area contributed by atoms with Crippen LogP contribution in [0.15, 0.2) is 47.6 Å². The molecule has 0 radical (unpaired) electrons. The highest BCUT2D eigenvalue weighted by Crippen LogP contribution is 2.40. The van der Waals surface area contributed by atoms with Crippen molar-refractivity contribution >= 4 is 11.8 Å². The molecule has 0 saturated heterocycles.